The molecule has 0 aliphatic heterocycles. The summed E-state index contributed by atoms with van der Waals surface area (Å²) >= 11 is 0. The largest absolute Gasteiger partial charge is 0.416 e. The van der Waals surface area contributed by atoms with Crippen LogP contribution in [0.1, 0.15) is 89.4 Å². The fourth-order valence-electron chi connectivity index (χ4n) is 3.90. The van der Waals surface area contributed by atoms with E-state index in [1.165, 1.54) is 44.2 Å². The Balaban J connectivity index is 2.11. The van der Waals surface area contributed by atoms with Crippen LogP contribution in [-0.2, 0) is 20.4 Å². The van der Waals surface area contributed by atoms with E-state index in [1.807, 2.05) is 38.1 Å². The van der Waals surface area contributed by atoms with Gasteiger partial charge in [-0.05, 0) is 49.1 Å². The van der Waals surface area contributed by atoms with Crippen LogP contribution in [0, 0.1) is 0 Å². The lowest BCUT2D eigenvalue weighted by molar-refractivity contribution is -0.304. The van der Waals surface area contributed by atoms with Gasteiger partial charge in [0.05, 0.1) is 11.7 Å². The third-order valence-corrected chi connectivity index (χ3v) is 5.76. The summed E-state index contributed by atoms with van der Waals surface area (Å²) in [5.74, 6) is 0. The Morgan fingerprint density at radius 3 is 1.94 bits per heavy atom. The average Bonchev–Trinajstić information content (AvgIpc) is 2.82. The molecule has 1 atom stereocenters. The third kappa shape index (κ3) is 9.77. The van der Waals surface area contributed by atoms with Gasteiger partial charge in [0.15, 0.2) is 0 Å². The molecule has 3 nitrogen and oxygen atoms in total. The molecule has 0 saturated carbocycles. The van der Waals surface area contributed by atoms with Crippen LogP contribution < -0.4 is 0 Å². The second-order valence-corrected chi connectivity index (χ2v) is 8.43. The summed E-state index contributed by atoms with van der Waals surface area (Å²) in [5.41, 5.74) is 1.58. The lowest BCUT2D eigenvalue weighted by atomic mass is 9.97. The van der Waals surface area contributed by atoms with Crippen LogP contribution >= 0.6 is 0 Å². The zero-order chi connectivity index (χ0) is 24.8. The molecule has 34 heavy (non-hydrogen) atoms. The van der Waals surface area contributed by atoms with Gasteiger partial charge in [-0.2, -0.15) is 13.2 Å². The molecule has 1 unspecified atom stereocenters. The highest BCUT2D eigenvalue weighted by atomic mass is 19.4. The van der Waals surface area contributed by atoms with Crippen molar-refractivity contribution in [2.45, 2.75) is 90.9 Å². The van der Waals surface area contributed by atoms with Crippen molar-refractivity contribution in [2.24, 2.45) is 0 Å². The summed E-state index contributed by atoms with van der Waals surface area (Å²) in [6.07, 6.45) is 4.69. The fraction of sp³-hybridized carbons (Fsp3) is 0.571. The van der Waals surface area contributed by atoms with Crippen LogP contribution in [0.2, 0.25) is 0 Å². The molecule has 2 aromatic rings. The average molecular weight is 481 g/mol. The minimum Gasteiger partial charge on any atom is -0.330 e. The molecule has 0 heterocycles. The molecule has 0 aromatic heterocycles. The normalized spacial score (nSPS) is 12.9. The van der Waals surface area contributed by atoms with Crippen LogP contribution in [0.3, 0.4) is 0 Å². The molecule has 0 spiro atoms. The van der Waals surface area contributed by atoms with Crippen LogP contribution in [0.5, 0.6) is 0 Å². The zero-order valence-corrected chi connectivity index (χ0v) is 20.7. The van der Waals surface area contributed by atoms with Crippen molar-refractivity contribution < 1.29 is 27.4 Å². The number of halogens is 3. The van der Waals surface area contributed by atoms with E-state index in [9.17, 15) is 13.2 Å². The summed E-state index contributed by atoms with van der Waals surface area (Å²) in [6.45, 7) is 6.21. The first-order valence-corrected chi connectivity index (χ1v) is 12.5. The Morgan fingerprint density at radius 2 is 1.35 bits per heavy atom. The molecule has 0 aliphatic rings. The number of benzene rings is 2. The van der Waals surface area contributed by atoms with Gasteiger partial charge in [-0.1, -0.05) is 88.3 Å². The molecule has 0 saturated heterocycles. The molecule has 2 rings (SSSR count). The first-order chi connectivity index (χ1) is 16.4. The van der Waals surface area contributed by atoms with Gasteiger partial charge < -0.3 is 14.2 Å². The Hall–Kier alpha value is -1.89. The zero-order valence-electron chi connectivity index (χ0n) is 20.7. The van der Waals surface area contributed by atoms with E-state index in [4.69, 9.17) is 14.2 Å². The number of alkyl halides is 3. The first-order valence-electron chi connectivity index (χ1n) is 12.5. The van der Waals surface area contributed by atoms with E-state index in [2.05, 4.69) is 6.92 Å². The molecule has 0 amide bonds. The molecular formula is C28H39F3O3. The van der Waals surface area contributed by atoms with Crippen molar-refractivity contribution in [1.29, 1.82) is 0 Å². The van der Waals surface area contributed by atoms with Gasteiger partial charge in [-0.15, -0.1) is 0 Å². The molecule has 6 heteroatoms. The van der Waals surface area contributed by atoms with Gasteiger partial charge in [0, 0.05) is 13.2 Å². The Kier molecular flexibility index (Phi) is 12.7. The van der Waals surface area contributed by atoms with Gasteiger partial charge in [0.25, 0.3) is 6.48 Å². The van der Waals surface area contributed by atoms with Gasteiger partial charge in [-0.3, -0.25) is 0 Å². The highest BCUT2D eigenvalue weighted by Crippen LogP contribution is 2.33. The van der Waals surface area contributed by atoms with Crippen molar-refractivity contribution in [3.05, 3.63) is 59.7 Å². The lowest BCUT2D eigenvalue weighted by Crippen LogP contribution is -2.24. The second kappa shape index (κ2) is 15.2. The highest BCUT2D eigenvalue weighted by Gasteiger charge is 2.30. The predicted octanol–water partition coefficient (Wildman–Crippen LogP) is 8.93. The van der Waals surface area contributed by atoms with Crippen molar-refractivity contribution in [2.75, 3.05) is 13.2 Å². The molecule has 0 fully saturated rings. The molecule has 190 valence electrons. The molecule has 0 N–H and O–H groups in total. The maximum absolute atomic E-state index is 13.1. The Bertz CT molecular complexity index is 799. The Morgan fingerprint density at radius 1 is 0.735 bits per heavy atom. The summed E-state index contributed by atoms with van der Waals surface area (Å²) in [6, 6.07) is 13.0. The van der Waals surface area contributed by atoms with Crippen LogP contribution in [-0.4, -0.2) is 19.7 Å². The van der Waals surface area contributed by atoms with Gasteiger partial charge in [-0.25, -0.2) is 0 Å². The summed E-state index contributed by atoms with van der Waals surface area (Å²) in [5, 5.41) is 0. The molecule has 0 aliphatic carbocycles. The van der Waals surface area contributed by atoms with Crippen LogP contribution in [0.25, 0.3) is 11.1 Å². The van der Waals surface area contributed by atoms with Crippen molar-refractivity contribution in [1.82, 2.24) is 0 Å². The van der Waals surface area contributed by atoms with E-state index in [0.717, 1.165) is 36.5 Å². The molecular weight excluding hydrogens is 441 g/mol. The maximum atomic E-state index is 13.1. The number of unbranched alkanes of at least 4 members (excludes halogenated alkanes) is 6. The van der Waals surface area contributed by atoms with E-state index < -0.39 is 18.2 Å². The van der Waals surface area contributed by atoms with E-state index >= 15 is 0 Å². The minimum absolute atomic E-state index is 0.214. The first kappa shape index (κ1) is 28.3. The fourth-order valence-corrected chi connectivity index (χ4v) is 3.90. The lowest BCUT2D eigenvalue weighted by Gasteiger charge is -2.25. The number of ether oxygens (including phenoxy) is 3. The maximum Gasteiger partial charge on any atom is 0.416 e. The number of hydrogen-bond donors (Lipinski definition) is 0. The monoisotopic (exact) mass is 480 g/mol. The quantitative estimate of drug-likeness (QED) is 0.177. The third-order valence-electron chi connectivity index (χ3n) is 5.76. The van der Waals surface area contributed by atoms with Gasteiger partial charge in [0.1, 0.15) is 0 Å². The van der Waals surface area contributed by atoms with Crippen molar-refractivity contribution >= 4 is 0 Å². The van der Waals surface area contributed by atoms with Gasteiger partial charge >= 0.3 is 6.18 Å². The smallest absolute Gasteiger partial charge is 0.330 e. The molecule has 2 aromatic carbocycles. The van der Waals surface area contributed by atoms with Gasteiger partial charge in [0.2, 0.25) is 0 Å². The predicted molar refractivity (Wildman–Crippen MR) is 130 cm³/mol. The van der Waals surface area contributed by atoms with Crippen molar-refractivity contribution in [3.8, 4) is 11.1 Å². The van der Waals surface area contributed by atoms with E-state index in [1.54, 1.807) is 6.07 Å². The molecule has 0 bridgehead atoms. The Labute approximate surface area is 202 Å². The van der Waals surface area contributed by atoms with Crippen molar-refractivity contribution in [3.63, 3.8) is 0 Å². The summed E-state index contributed by atoms with van der Waals surface area (Å²) < 4.78 is 56.6. The standard InChI is InChI=1S/C28H39F3O3/c1-4-7-8-9-10-11-12-16-26(34-27(32-5-2)33-6-3)23-19-17-22(18-20-23)24-14-13-15-25(21-24)28(29,30)31/h13-15,17-21,26-27H,4-12,16H2,1-3H3. The number of rotatable bonds is 16. The van der Waals surface area contributed by atoms with E-state index in [-0.39, 0.29) is 6.10 Å². The molecule has 0 radical (unpaired) electrons. The SMILES string of the molecule is CCCCCCCCCC(OC(OCC)OCC)c1ccc(-c2cccc(C(F)(F)F)c2)cc1. The summed E-state index contributed by atoms with van der Waals surface area (Å²) in [4.78, 5) is 0. The minimum atomic E-state index is -4.36. The van der Waals surface area contributed by atoms with Crippen LogP contribution in [0.15, 0.2) is 48.5 Å². The topological polar surface area (TPSA) is 27.7 Å². The second-order valence-electron chi connectivity index (χ2n) is 8.43. The van der Waals surface area contributed by atoms with E-state index in [0.29, 0.717) is 18.8 Å². The summed E-state index contributed by atoms with van der Waals surface area (Å²) in [7, 11) is 0. The highest BCUT2D eigenvalue weighted by molar-refractivity contribution is 5.64. The number of hydrogen-bond acceptors (Lipinski definition) is 3. The van der Waals surface area contributed by atoms with Crippen LogP contribution in [0.4, 0.5) is 13.2 Å².